The number of nitrogens with zero attached hydrogens (tertiary/aromatic N) is 1. The molecule has 0 aliphatic heterocycles. The number of rotatable bonds is 9. The van der Waals surface area contributed by atoms with E-state index >= 15 is 0 Å². The van der Waals surface area contributed by atoms with Gasteiger partial charge in [-0.3, -0.25) is 9.79 Å². The number of carbonyl (C=O) groups is 1. The quantitative estimate of drug-likeness (QED) is 0.269. The number of hydrogen-bond donors (Lipinski definition) is 3. The van der Waals surface area contributed by atoms with Crippen molar-refractivity contribution in [1.29, 1.82) is 0 Å². The molecule has 8 heteroatoms. The summed E-state index contributed by atoms with van der Waals surface area (Å²) in [5, 5.41) is 6.51. The Kier molecular flexibility index (Phi) is 10.0. The van der Waals surface area contributed by atoms with Crippen LogP contribution in [0.25, 0.3) is 0 Å². The van der Waals surface area contributed by atoms with E-state index in [2.05, 4.69) is 15.6 Å². The highest BCUT2D eigenvalue weighted by Crippen LogP contribution is 2.18. The van der Waals surface area contributed by atoms with Crippen LogP contribution in [0.4, 0.5) is 5.69 Å². The fourth-order valence-corrected chi connectivity index (χ4v) is 2.28. The monoisotopic (exact) mass is 514 g/mol. The molecule has 0 spiro atoms. The molecule has 0 atom stereocenters. The van der Waals surface area contributed by atoms with Crippen molar-refractivity contribution in [2.75, 3.05) is 18.4 Å². The fourth-order valence-electron chi connectivity index (χ4n) is 2.28. The third-order valence-electron chi connectivity index (χ3n) is 4.03. The van der Waals surface area contributed by atoms with Gasteiger partial charge in [-0.25, -0.2) is 0 Å². The maximum Gasteiger partial charge on any atom is 0.224 e. The molecule has 1 aromatic heterocycles. The Hall–Kier alpha value is -2.23. The largest absolute Gasteiger partial charge is 0.491 e. The van der Waals surface area contributed by atoms with Crippen molar-refractivity contribution in [1.82, 2.24) is 5.32 Å². The van der Waals surface area contributed by atoms with Crippen LogP contribution in [0.2, 0.25) is 0 Å². The lowest BCUT2D eigenvalue weighted by Crippen LogP contribution is -2.37. The highest BCUT2D eigenvalue weighted by Gasteiger charge is 2.24. The number of hydrogen-bond acceptors (Lipinski definition) is 4. The van der Waals surface area contributed by atoms with Crippen LogP contribution >= 0.6 is 24.0 Å². The maximum atomic E-state index is 11.6. The molecule has 0 unspecified atom stereocenters. The molecule has 0 saturated carbocycles. The lowest BCUT2D eigenvalue weighted by molar-refractivity contribution is -0.125. The second-order valence-corrected chi connectivity index (χ2v) is 7.49. The molecule has 2 aromatic rings. The number of benzene rings is 1. The van der Waals surface area contributed by atoms with Crippen LogP contribution in [-0.4, -0.2) is 31.1 Å². The lowest BCUT2D eigenvalue weighted by Gasteiger charge is -2.19. The van der Waals surface area contributed by atoms with Gasteiger partial charge in [0, 0.05) is 18.7 Å². The summed E-state index contributed by atoms with van der Waals surface area (Å²) >= 11 is 0. The van der Waals surface area contributed by atoms with E-state index in [1.807, 2.05) is 50.2 Å². The predicted molar refractivity (Wildman–Crippen MR) is 127 cm³/mol. The van der Waals surface area contributed by atoms with Gasteiger partial charge in [0.2, 0.25) is 5.91 Å². The first-order chi connectivity index (χ1) is 13.3. The molecule has 160 valence electrons. The molecule has 0 aliphatic carbocycles. The highest BCUT2D eigenvalue weighted by molar-refractivity contribution is 14.0. The van der Waals surface area contributed by atoms with Crippen LogP contribution in [0.15, 0.2) is 52.1 Å². The Morgan fingerprint density at radius 3 is 2.48 bits per heavy atom. The maximum absolute atomic E-state index is 11.6. The molecule has 0 saturated heterocycles. The predicted octanol–water partition coefficient (Wildman–Crippen LogP) is 3.80. The van der Waals surface area contributed by atoms with E-state index in [-0.39, 0.29) is 42.5 Å². The number of guanidine groups is 1. The van der Waals surface area contributed by atoms with Gasteiger partial charge in [-0.1, -0.05) is 0 Å². The van der Waals surface area contributed by atoms with E-state index in [0.717, 1.165) is 17.2 Å². The Morgan fingerprint density at radius 1 is 1.24 bits per heavy atom. The van der Waals surface area contributed by atoms with Crippen molar-refractivity contribution in [3.63, 3.8) is 0 Å². The van der Waals surface area contributed by atoms with Gasteiger partial charge in [0.25, 0.3) is 0 Å². The van der Waals surface area contributed by atoms with Crippen molar-refractivity contribution >= 4 is 41.5 Å². The summed E-state index contributed by atoms with van der Waals surface area (Å²) in [6, 6.07) is 11.4. The number of carbonyl (C=O) groups excluding carboxylic acids is 1. The normalized spacial score (nSPS) is 11.7. The Morgan fingerprint density at radius 2 is 1.93 bits per heavy atom. The molecule has 29 heavy (non-hydrogen) atoms. The molecule has 4 N–H and O–H groups in total. The second kappa shape index (κ2) is 11.7. The zero-order chi connectivity index (χ0) is 20.6. The summed E-state index contributed by atoms with van der Waals surface area (Å²) in [6.07, 6.45) is 2.49. The number of aliphatic imine (C=N–C) groups is 1. The number of halogens is 1. The number of ether oxygens (including phenoxy) is 1. The Bertz CT molecular complexity index is 772. The third-order valence-corrected chi connectivity index (χ3v) is 4.03. The standard InChI is InChI=1S/C21H30N4O3.HI/c1-15(2)28-18-9-7-16(8-10-18)25-20(24-14-21(3,4)19(22)26)23-12-11-17-6-5-13-27-17;/h5-10,13,15H,11-12,14H2,1-4H3,(H2,22,26)(H2,23,24,25);1H. The van der Waals surface area contributed by atoms with Gasteiger partial charge in [0.05, 0.1) is 24.3 Å². The van der Waals surface area contributed by atoms with Crippen LogP contribution in [0.1, 0.15) is 33.5 Å². The van der Waals surface area contributed by atoms with Crippen molar-refractivity contribution in [2.24, 2.45) is 16.1 Å². The number of anilines is 1. The summed E-state index contributed by atoms with van der Waals surface area (Å²) < 4.78 is 11.0. The van der Waals surface area contributed by atoms with Crippen LogP contribution in [0, 0.1) is 5.41 Å². The van der Waals surface area contributed by atoms with Gasteiger partial charge >= 0.3 is 0 Å². The zero-order valence-corrected chi connectivity index (χ0v) is 19.7. The van der Waals surface area contributed by atoms with E-state index in [1.54, 1.807) is 20.1 Å². The van der Waals surface area contributed by atoms with E-state index in [0.29, 0.717) is 18.9 Å². The summed E-state index contributed by atoms with van der Waals surface area (Å²) in [5.74, 6) is 1.87. The topological polar surface area (TPSA) is 102 Å². The number of nitrogens with two attached hydrogens (primary N) is 1. The molecule has 1 amide bonds. The van der Waals surface area contributed by atoms with Crippen molar-refractivity contribution in [2.45, 2.75) is 40.2 Å². The first-order valence-corrected chi connectivity index (χ1v) is 9.40. The van der Waals surface area contributed by atoms with Crippen molar-refractivity contribution < 1.29 is 13.9 Å². The summed E-state index contributed by atoms with van der Waals surface area (Å²) in [5.41, 5.74) is 5.58. The molecule has 0 bridgehead atoms. The molecule has 1 aromatic carbocycles. The zero-order valence-electron chi connectivity index (χ0n) is 17.4. The average Bonchev–Trinajstić information content (AvgIpc) is 3.14. The number of primary amides is 1. The van der Waals surface area contributed by atoms with Crippen LogP contribution in [-0.2, 0) is 11.2 Å². The first-order valence-electron chi connectivity index (χ1n) is 9.40. The summed E-state index contributed by atoms with van der Waals surface area (Å²) in [4.78, 5) is 16.1. The second-order valence-electron chi connectivity index (χ2n) is 7.49. The number of amides is 1. The minimum atomic E-state index is -0.732. The minimum absolute atomic E-state index is 0. The number of nitrogens with one attached hydrogen (secondary N) is 2. The SMILES string of the molecule is CC(C)Oc1ccc(NC(=NCC(C)(C)C(N)=O)NCCc2ccco2)cc1.I. The van der Waals surface area contributed by atoms with Crippen LogP contribution in [0.5, 0.6) is 5.75 Å². The molecular formula is C21H31IN4O3. The van der Waals surface area contributed by atoms with Crippen LogP contribution < -0.4 is 21.1 Å². The first kappa shape index (κ1) is 24.8. The molecular weight excluding hydrogens is 483 g/mol. The van der Waals surface area contributed by atoms with Gasteiger partial charge in [-0.2, -0.15) is 0 Å². The van der Waals surface area contributed by atoms with Crippen molar-refractivity contribution in [3.05, 3.63) is 48.4 Å². The minimum Gasteiger partial charge on any atom is -0.491 e. The molecule has 7 nitrogen and oxygen atoms in total. The van der Waals surface area contributed by atoms with Gasteiger partial charge in [-0.15, -0.1) is 24.0 Å². The van der Waals surface area contributed by atoms with Gasteiger partial charge < -0.3 is 25.5 Å². The van der Waals surface area contributed by atoms with E-state index in [9.17, 15) is 4.79 Å². The molecule has 0 fully saturated rings. The highest BCUT2D eigenvalue weighted by atomic mass is 127. The van der Waals surface area contributed by atoms with Gasteiger partial charge in [0.15, 0.2) is 5.96 Å². The van der Waals surface area contributed by atoms with E-state index < -0.39 is 5.41 Å². The average molecular weight is 514 g/mol. The van der Waals surface area contributed by atoms with Gasteiger partial charge in [-0.05, 0) is 64.1 Å². The lowest BCUT2D eigenvalue weighted by atomic mass is 9.93. The number of furan rings is 1. The Labute approximate surface area is 189 Å². The Balaban J connectivity index is 0.00000420. The molecule has 0 radical (unpaired) electrons. The smallest absolute Gasteiger partial charge is 0.224 e. The molecule has 1 heterocycles. The van der Waals surface area contributed by atoms with E-state index in [4.69, 9.17) is 14.9 Å². The van der Waals surface area contributed by atoms with Gasteiger partial charge in [0.1, 0.15) is 11.5 Å². The third kappa shape index (κ3) is 8.76. The molecule has 0 aliphatic rings. The molecule has 2 rings (SSSR count). The fraction of sp³-hybridized carbons (Fsp3) is 0.429. The van der Waals surface area contributed by atoms with E-state index in [1.165, 1.54) is 0 Å². The van der Waals surface area contributed by atoms with Crippen LogP contribution in [0.3, 0.4) is 0 Å². The van der Waals surface area contributed by atoms with Crippen molar-refractivity contribution in [3.8, 4) is 5.75 Å². The summed E-state index contributed by atoms with van der Waals surface area (Å²) in [7, 11) is 0. The summed E-state index contributed by atoms with van der Waals surface area (Å²) in [6.45, 7) is 8.42.